The first-order valence-electron chi connectivity index (χ1n) is 18.7. The van der Waals surface area contributed by atoms with E-state index in [2.05, 4.69) is 180 Å². The fraction of sp³-hybridized carbons (Fsp3) is 0. The first-order valence-corrected chi connectivity index (χ1v) is 18.7. The van der Waals surface area contributed by atoms with Gasteiger partial charge in [0.15, 0.2) is 5.82 Å². The second-order valence-corrected chi connectivity index (χ2v) is 14.2. The summed E-state index contributed by atoms with van der Waals surface area (Å²) in [6.07, 6.45) is 0. The van der Waals surface area contributed by atoms with E-state index in [0.717, 1.165) is 39.2 Å². The summed E-state index contributed by atoms with van der Waals surface area (Å²) in [5.74, 6) is 0.715. The molecule has 0 aliphatic heterocycles. The van der Waals surface area contributed by atoms with Crippen molar-refractivity contribution >= 4 is 38.1 Å². The molecular weight excluding hydrogens is 667 g/mol. The minimum absolute atomic E-state index is 0.715. The molecule has 55 heavy (non-hydrogen) atoms. The summed E-state index contributed by atoms with van der Waals surface area (Å²) < 4.78 is 2.48. The van der Waals surface area contributed by atoms with Crippen molar-refractivity contribution < 1.29 is 0 Å². The average molecular weight is 700 g/mol. The molecule has 8 aromatic carbocycles. The van der Waals surface area contributed by atoms with Crippen LogP contribution in [0.4, 0.5) is 0 Å². The summed E-state index contributed by atoms with van der Waals surface area (Å²) in [7, 11) is 0. The van der Waals surface area contributed by atoms with Crippen molar-refractivity contribution in [3.05, 3.63) is 200 Å². The minimum atomic E-state index is 0.715. The van der Waals surface area contributed by atoms with Gasteiger partial charge in [-0.2, -0.15) is 0 Å². The van der Waals surface area contributed by atoms with Gasteiger partial charge in [-0.1, -0.05) is 170 Å². The van der Waals surface area contributed by atoms with Gasteiger partial charge in [0, 0.05) is 38.2 Å². The Morgan fingerprint density at radius 3 is 1.27 bits per heavy atom. The van der Waals surface area contributed by atoms with E-state index in [1.807, 2.05) is 24.3 Å². The smallest absolute Gasteiger partial charge is 0.160 e. The van der Waals surface area contributed by atoms with E-state index in [4.69, 9.17) is 9.97 Å². The Balaban J connectivity index is 1.02. The molecule has 3 aromatic heterocycles. The van der Waals surface area contributed by atoms with Crippen LogP contribution in [0.25, 0.3) is 105 Å². The van der Waals surface area contributed by atoms with Gasteiger partial charge in [0.25, 0.3) is 0 Å². The lowest BCUT2D eigenvalue weighted by atomic mass is 9.96. The standard InChI is InChI=1S/C52H33N3/c1-4-13-34(14-5-1)40-25-27-43-45-23-12-24-46-44-28-26-41(32-50(44)55(51(45)46)49(43)31-40)38-20-10-19-37(29-38)39-21-11-22-42(30-39)48-33-47(35-15-6-2-7-16-35)53-52(54-48)36-17-8-3-9-18-36/h1-33H. The van der Waals surface area contributed by atoms with Gasteiger partial charge >= 0.3 is 0 Å². The summed E-state index contributed by atoms with van der Waals surface area (Å²) in [5.41, 5.74) is 15.8. The van der Waals surface area contributed by atoms with Gasteiger partial charge < -0.3 is 4.40 Å². The van der Waals surface area contributed by atoms with E-state index < -0.39 is 0 Å². The highest BCUT2D eigenvalue weighted by Gasteiger charge is 2.19. The van der Waals surface area contributed by atoms with Gasteiger partial charge in [-0.15, -0.1) is 0 Å². The van der Waals surface area contributed by atoms with Crippen LogP contribution >= 0.6 is 0 Å². The molecule has 0 saturated heterocycles. The predicted molar refractivity (Wildman–Crippen MR) is 229 cm³/mol. The van der Waals surface area contributed by atoms with Gasteiger partial charge in [-0.05, 0) is 63.7 Å². The second-order valence-electron chi connectivity index (χ2n) is 14.2. The molecule has 11 rings (SSSR count). The number of benzene rings is 8. The maximum atomic E-state index is 5.09. The second kappa shape index (κ2) is 12.6. The fourth-order valence-electron chi connectivity index (χ4n) is 8.27. The third kappa shape index (κ3) is 5.28. The summed E-state index contributed by atoms with van der Waals surface area (Å²) in [6, 6.07) is 71.5. The highest BCUT2D eigenvalue weighted by atomic mass is 14.9. The monoisotopic (exact) mass is 699 g/mol. The lowest BCUT2D eigenvalue weighted by Crippen LogP contribution is -1.96. The Hall–Kier alpha value is -7.36. The lowest BCUT2D eigenvalue weighted by molar-refractivity contribution is 1.18. The highest BCUT2D eigenvalue weighted by Crippen LogP contribution is 2.41. The van der Waals surface area contributed by atoms with Crippen molar-refractivity contribution in [2.45, 2.75) is 0 Å². The Morgan fingerprint density at radius 2 is 0.691 bits per heavy atom. The van der Waals surface area contributed by atoms with Crippen molar-refractivity contribution in [2.75, 3.05) is 0 Å². The molecule has 256 valence electrons. The van der Waals surface area contributed by atoms with Crippen LogP contribution < -0.4 is 0 Å². The van der Waals surface area contributed by atoms with Crippen molar-refractivity contribution in [3.63, 3.8) is 0 Å². The van der Waals surface area contributed by atoms with Gasteiger partial charge in [-0.3, -0.25) is 0 Å². The fourth-order valence-corrected chi connectivity index (χ4v) is 8.27. The van der Waals surface area contributed by atoms with Gasteiger partial charge in [0.1, 0.15) is 0 Å². The quantitative estimate of drug-likeness (QED) is 0.173. The number of hydrogen-bond acceptors (Lipinski definition) is 2. The molecule has 0 aliphatic carbocycles. The summed E-state index contributed by atoms with van der Waals surface area (Å²) >= 11 is 0. The maximum absolute atomic E-state index is 5.09. The van der Waals surface area contributed by atoms with Crippen LogP contribution in [-0.2, 0) is 0 Å². The predicted octanol–water partition coefficient (Wildman–Crippen LogP) is 13.6. The SMILES string of the molecule is c1ccc(-c2ccc3c4cccc5c6ccc(-c7cccc(-c8cccc(-c9cc(-c%10ccccc%10)nc(-c%10ccccc%10)n9)c8)c7)cc6n(c3c2)c45)cc1. The Bertz CT molecular complexity index is 3120. The van der Waals surface area contributed by atoms with Crippen LogP contribution in [0.3, 0.4) is 0 Å². The molecule has 0 fully saturated rings. The number of aromatic nitrogens is 3. The van der Waals surface area contributed by atoms with E-state index in [0.29, 0.717) is 5.82 Å². The zero-order valence-corrected chi connectivity index (χ0v) is 29.9. The summed E-state index contributed by atoms with van der Waals surface area (Å²) in [4.78, 5) is 10.1. The molecule has 3 heteroatoms. The summed E-state index contributed by atoms with van der Waals surface area (Å²) in [5, 5.41) is 5.14. The molecule has 0 aliphatic rings. The third-order valence-corrected chi connectivity index (χ3v) is 10.9. The number of para-hydroxylation sites is 1. The van der Waals surface area contributed by atoms with Crippen LogP contribution in [0.15, 0.2) is 200 Å². The Labute approximate surface area is 318 Å². The molecule has 0 radical (unpaired) electrons. The largest absolute Gasteiger partial charge is 0.308 e. The lowest BCUT2D eigenvalue weighted by Gasteiger charge is -2.11. The van der Waals surface area contributed by atoms with Crippen molar-refractivity contribution in [2.24, 2.45) is 0 Å². The first-order chi connectivity index (χ1) is 27.2. The normalized spacial score (nSPS) is 11.6. The molecule has 0 atom stereocenters. The Morgan fingerprint density at radius 1 is 0.273 bits per heavy atom. The molecule has 0 spiro atoms. The number of fused-ring (bicyclic) bond motifs is 6. The van der Waals surface area contributed by atoms with E-state index in [1.54, 1.807) is 0 Å². The van der Waals surface area contributed by atoms with Crippen LogP contribution in [0, 0.1) is 0 Å². The van der Waals surface area contributed by atoms with Gasteiger partial charge in [0.05, 0.1) is 27.9 Å². The molecule has 3 nitrogen and oxygen atoms in total. The topological polar surface area (TPSA) is 30.2 Å². The maximum Gasteiger partial charge on any atom is 0.160 e. The van der Waals surface area contributed by atoms with Crippen LogP contribution in [0.2, 0.25) is 0 Å². The summed E-state index contributed by atoms with van der Waals surface area (Å²) in [6.45, 7) is 0. The molecule has 0 unspecified atom stereocenters. The minimum Gasteiger partial charge on any atom is -0.308 e. The number of nitrogens with zero attached hydrogens (tertiary/aromatic N) is 3. The highest BCUT2D eigenvalue weighted by molar-refractivity contribution is 6.23. The van der Waals surface area contributed by atoms with E-state index in [1.165, 1.54) is 60.3 Å². The molecular formula is C52H33N3. The van der Waals surface area contributed by atoms with Crippen LogP contribution in [0.5, 0.6) is 0 Å². The zero-order chi connectivity index (χ0) is 36.3. The van der Waals surface area contributed by atoms with Crippen LogP contribution in [0.1, 0.15) is 0 Å². The van der Waals surface area contributed by atoms with Gasteiger partial charge in [-0.25, -0.2) is 9.97 Å². The Kier molecular flexibility index (Phi) is 7.17. The third-order valence-electron chi connectivity index (χ3n) is 10.9. The van der Waals surface area contributed by atoms with Crippen molar-refractivity contribution in [3.8, 4) is 67.3 Å². The number of hydrogen-bond donors (Lipinski definition) is 0. The zero-order valence-electron chi connectivity index (χ0n) is 29.9. The van der Waals surface area contributed by atoms with Crippen molar-refractivity contribution in [1.29, 1.82) is 0 Å². The first kappa shape index (κ1) is 31.2. The van der Waals surface area contributed by atoms with Crippen LogP contribution in [-0.4, -0.2) is 14.4 Å². The van der Waals surface area contributed by atoms with Gasteiger partial charge in [0.2, 0.25) is 0 Å². The molecule has 0 bridgehead atoms. The van der Waals surface area contributed by atoms with E-state index in [9.17, 15) is 0 Å². The molecule has 0 saturated carbocycles. The number of rotatable bonds is 6. The molecule has 0 N–H and O–H groups in total. The molecule has 3 heterocycles. The average Bonchev–Trinajstić information content (AvgIpc) is 3.79. The molecule has 11 aromatic rings. The van der Waals surface area contributed by atoms with E-state index >= 15 is 0 Å². The van der Waals surface area contributed by atoms with Crippen molar-refractivity contribution in [1.82, 2.24) is 14.4 Å². The van der Waals surface area contributed by atoms with E-state index in [-0.39, 0.29) is 0 Å². The molecule has 0 amide bonds.